The molecule has 0 unspecified atom stereocenters. The molecule has 2 aromatic carbocycles. The highest BCUT2D eigenvalue weighted by molar-refractivity contribution is 9.10. The summed E-state index contributed by atoms with van der Waals surface area (Å²) < 4.78 is 19.1. The number of nitrogens with two attached hydrogens (primary N) is 1. The van der Waals surface area contributed by atoms with Gasteiger partial charge in [0, 0.05) is 11.1 Å². The zero-order valence-corrected chi connectivity index (χ0v) is 11.8. The van der Waals surface area contributed by atoms with Crippen molar-refractivity contribution in [2.45, 2.75) is 0 Å². The van der Waals surface area contributed by atoms with Crippen LogP contribution in [0.1, 0.15) is 10.4 Å². The van der Waals surface area contributed by atoms with Crippen LogP contribution in [0.5, 0.6) is 11.5 Å². The number of hydrogen-bond donors (Lipinski definition) is 1. The fourth-order valence-electron chi connectivity index (χ4n) is 1.45. The minimum atomic E-state index is -0.671. The van der Waals surface area contributed by atoms with Crippen LogP contribution in [0.2, 0.25) is 5.02 Å². The van der Waals surface area contributed by atoms with E-state index in [-0.39, 0.29) is 17.1 Å². The van der Waals surface area contributed by atoms with Gasteiger partial charge in [-0.3, -0.25) is 4.79 Å². The molecule has 0 heterocycles. The Kier molecular flexibility index (Phi) is 4.07. The van der Waals surface area contributed by atoms with Crippen LogP contribution in [0.4, 0.5) is 4.39 Å². The summed E-state index contributed by atoms with van der Waals surface area (Å²) in [5, 5.41) is 0.364. The number of carbonyl (C=O) groups excluding carboxylic acids is 1. The SMILES string of the molecule is NC(=O)c1cc(Cl)ccc1Oc1ccc(Br)c(F)c1. The highest BCUT2D eigenvalue weighted by Crippen LogP contribution is 2.29. The van der Waals surface area contributed by atoms with Crippen molar-refractivity contribution in [1.82, 2.24) is 0 Å². The Bertz CT molecular complexity index is 649. The molecule has 0 spiro atoms. The normalized spacial score (nSPS) is 10.3. The number of carbonyl (C=O) groups is 1. The number of primary amides is 1. The molecule has 3 nitrogen and oxygen atoms in total. The summed E-state index contributed by atoms with van der Waals surface area (Å²) in [6, 6.07) is 8.72. The molecule has 19 heavy (non-hydrogen) atoms. The summed E-state index contributed by atoms with van der Waals surface area (Å²) in [6.07, 6.45) is 0. The highest BCUT2D eigenvalue weighted by Gasteiger charge is 2.12. The van der Waals surface area contributed by atoms with Gasteiger partial charge < -0.3 is 10.5 Å². The predicted molar refractivity (Wildman–Crippen MR) is 74.1 cm³/mol. The van der Waals surface area contributed by atoms with Gasteiger partial charge in [-0.2, -0.15) is 0 Å². The van der Waals surface area contributed by atoms with E-state index in [0.717, 1.165) is 0 Å². The topological polar surface area (TPSA) is 52.3 Å². The van der Waals surface area contributed by atoms with Gasteiger partial charge in [0.1, 0.15) is 17.3 Å². The summed E-state index contributed by atoms with van der Waals surface area (Å²) >= 11 is 8.82. The molecule has 0 aliphatic rings. The monoisotopic (exact) mass is 343 g/mol. The van der Waals surface area contributed by atoms with Crippen LogP contribution < -0.4 is 10.5 Å². The molecule has 0 saturated carbocycles. The van der Waals surface area contributed by atoms with Crippen molar-refractivity contribution in [3.63, 3.8) is 0 Å². The number of halogens is 3. The molecule has 0 atom stereocenters. The molecule has 1 amide bonds. The number of benzene rings is 2. The Morgan fingerprint density at radius 2 is 2.00 bits per heavy atom. The average Bonchev–Trinajstić information content (AvgIpc) is 2.36. The lowest BCUT2D eigenvalue weighted by Crippen LogP contribution is -2.12. The number of ether oxygens (including phenoxy) is 1. The predicted octanol–water partition coefficient (Wildman–Crippen LogP) is 4.13. The molecule has 0 fully saturated rings. The molecule has 2 aromatic rings. The molecule has 2 N–H and O–H groups in total. The van der Waals surface area contributed by atoms with Crippen LogP contribution in [0.3, 0.4) is 0 Å². The number of rotatable bonds is 3. The van der Waals surface area contributed by atoms with Gasteiger partial charge in [0.2, 0.25) is 0 Å². The lowest BCUT2D eigenvalue weighted by molar-refractivity contribution is 0.0998. The van der Waals surface area contributed by atoms with Gasteiger partial charge in [0.15, 0.2) is 0 Å². The maximum Gasteiger partial charge on any atom is 0.252 e. The van der Waals surface area contributed by atoms with Gasteiger partial charge in [-0.15, -0.1) is 0 Å². The Hall–Kier alpha value is -1.59. The lowest BCUT2D eigenvalue weighted by atomic mass is 10.2. The van der Waals surface area contributed by atoms with Crippen molar-refractivity contribution in [1.29, 1.82) is 0 Å². The van der Waals surface area contributed by atoms with E-state index >= 15 is 0 Å². The Morgan fingerprint density at radius 3 is 2.63 bits per heavy atom. The summed E-state index contributed by atoms with van der Waals surface area (Å²) in [4.78, 5) is 11.3. The maximum atomic E-state index is 13.4. The largest absolute Gasteiger partial charge is 0.456 e. The van der Waals surface area contributed by atoms with Gasteiger partial charge >= 0.3 is 0 Å². The van der Waals surface area contributed by atoms with Crippen LogP contribution in [-0.4, -0.2) is 5.91 Å². The van der Waals surface area contributed by atoms with Crippen LogP contribution in [0.25, 0.3) is 0 Å². The molecular weight excluding hydrogens is 337 g/mol. The van der Waals surface area contributed by atoms with Crippen LogP contribution in [0.15, 0.2) is 40.9 Å². The van der Waals surface area contributed by atoms with Crippen molar-refractivity contribution in [3.8, 4) is 11.5 Å². The molecule has 0 radical (unpaired) electrons. The Balaban J connectivity index is 2.37. The zero-order chi connectivity index (χ0) is 14.0. The van der Waals surface area contributed by atoms with E-state index < -0.39 is 11.7 Å². The van der Waals surface area contributed by atoms with Crippen molar-refractivity contribution >= 4 is 33.4 Å². The average molecular weight is 345 g/mol. The molecule has 2 rings (SSSR count). The molecule has 0 saturated heterocycles. The molecule has 0 bridgehead atoms. The fraction of sp³-hybridized carbons (Fsp3) is 0. The van der Waals surface area contributed by atoms with Crippen molar-refractivity contribution < 1.29 is 13.9 Å². The summed E-state index contributed by atoms with van der Waals surface area (Å²) in [6.45, 7) is 0. The minimum Gasteiger partial charge on any atom is -0.456 e. The van der Waals surface area contributed by atoms with Crippen LogP contribution in [-0.2, 0) is 0 Å². The van der Waals surface area contributed by atoms with Crippen LogP contribution in [0, 0.1) is 5.82 Å². The van der Waals surface area contributed by atoms with Crippen molar-refractivity contribution in [3.05, 3.63) is 57.3 Å². The molecule has 0 aliphatic heterocycles. The molecule has 6 heteroatoms. The van der Waals surface area contributed by atoms with E-state index in [1.54, 1.807) is 12.1 Å². The third kappa shape index (κ3) is 3.24. The van der Waals surface area contributed by atoms with E-state index in [1.165, 1.54) is 24.3 Å². The second-order valence-corrected chi connectivity index (χ2v) is 4.97. The summed E-state index contributed by atoms with van der Waals surface area (Å²) in [7, 11) is 0. The minimum absolute atomic E-state index is 0.135. The van der Waals surface area contributed by atoms with Crippen molar-refractivity contribution in [2.24, 2.45) is 5.73 Å². The molecule has 98 valence electrons. The van der Waals surface area contributed by atoms with Gasteiger partial charge in [0.05, 0.1) is 10.0 Å². The van der Waals surface area contributed by atoms with E-state index in [1.807, 2.05) is 0 Å². The van der Waals surface area contributed by atoms with E-state index in [0.29, 0.717) is 9.50 Å². The molecule has 0 aliphatic carbocycles. The first-order valence-corrected chi connectivity index (χ1v) is 6.37. The molecule has 0 aromatic heterocycles. The van der Waals surface area contributed by atoms with E-state index in [4.69, 9.17) is 22.1 Å². The standard InChI is InChI=1S/C13H8BrClFNO2/c14-10-3-2-8(6-11(10)16)19-12-4-1-7(15)5-9(12)13(17)18/h1-6H,(H2,17,18). The fourth-order valence-corrected chi connectivity index (χ4v) is 1.87. The highest BCUT2D eigenvalue weighted by atomic mass is 79.9. The Morgan fingerprint density at radius 1 is 1.26 bits per heavy atom. The quantitative estimate of drug-likeness (QED) is 0.910. The number of hydrogen-bond acceptors (Lipinski definition) is 2. The first kappa shape index (κ1) is 13.8. The third-order valence-corrected chi connectivity index (χ3v) is 3.20. The third-order valence-electron chi connectivity index (χ3n) is 2.33. The van der Waals surface area contributed by atoms with Crippen molar-refractivity contribution in [2.75, 3.05) is 0 Å². The van der Waals surface area contributed by atoms with E-state index in [2.05, 4.69) is 15.9 Å². The van der Waals surface area contributed by atoms with Gasteiger partial charge in [-0.1, -0.05) is 11.6 Å². The first-order valence-electron chi connectivity index (χ1n) is 5.19. The second-order valence-electron chi connectivity index (χ2n) is 3.68. The molecular formula is C13H8BrClFNO2. The van der Waals surface area contributed by atoms with Gasteiger partial charge in [-0.05, 0) is 46.3 Å². The van der Waals surface area contributed by atoms with Crippen LogP contribution >= 0.6 is 27.5 Å². The van der Waals surface area contributed by atoms with E-state index in [9.17, 15) is 9.18 Å². The van der Waals surface area contributed by atoms with Gasteiger partial charge in [-0.25, -0.2) is 4.39 Å². The summed E-state index contributed by atoms with van der Waals surface area (Å²) in [5.74, 6) is -0.661. The summed E-state index contributed by atoms with van der Waals surface area (Å²) in [5.41, 5.74) is 5.37. The Labute approximate surface area is 122 Å². The maximum absolute atomic E-state index is 13.4. The second kappa shape index (κ2) is 5.59. The first-order chi connectivity index (χ1) is 8.97. The lowest BCUT2D eigenvalue weighted by Gasteiger charge is -2.10. The number of amides is 1. The van der Waals surface area contributed by atoms with Gasteiger partial charge in [0.25, 0.3) is 5.91 Å². The zero-order valence-electron chi connectivity index (χ0n) is 9.49. The smallest absolute Gasteiger partial charge is 0.252 e.